The van der Waals surface area contributed by atoms with Crippen LogP contribution in [0.1, 0.15) is 36.8 Å². The van der Waals surface area contributed by atoms with Gasteiger partial charge in [0.05, 0.1) is 6.04 Å². The Morgan fingerprint density at radius 1 is 1.23 bits per heavy atom. The number of aryl methyl sites for hydroxylation is 2. The summed E-state index contributed by atoms with van der Waals surface area (Å²) in [6.45, 7) is 5.54. The summed E-state index contributed by atoms with van der Waals surface area (Å²) in [5, 5.41) is 7.18. The van der Waals surface area contributed by atoms with Gasteiger partial charge in [0.1, 0.15) is 0 Å². The van der Waals surface area contributed by atoms with Gasteiger partial charge < -0.3 is 10.2 Å². The topological polar surface area (TPSA) is 67.2 Å². The zero-order valence-corrected chi connectivity index (χ0v) is 15.4. The molecule has 0 saturated carbocycles. The van der Waals surface area contributed by atoms with Crippen LogP contribution in [0.25, 0.3) is 0 Å². The largest absolute Gasteiger partial charge is 0.351 e. The lowest BCUT2D eigenvalue weighted by Gasteiger charge is -2.19. The van der Waals surface area contributed by atoms with Gasteiger partial charge in [-0.05, 0) is 25.0 Å². The average molecular weight is 354 g/mol. The Labute approximate surface area is 154 Å². The first-order valence-corrected chi connectivity index (χ1v) is 9.12. The fraction of sp³-hybridized carbons (Fsp3) is 0.450. The first kappa shape index (κ1) is 18.2. The van der Waals surface area contributed by atoms with E-state index in [1.54, 1.807) is 6.20 Å². The summed E-state index contributed by atoms with van der Waals surface area (Å²) >= 11 is 0. The second-order valence-electron chi connectivity index (χ2n) is 7.00. The van der Waals surface area contributed by atoms with Crippen LogP contribution in [0.5, 0.6) is 0 Å². The third-order valence-electron chi connectivity index (χ3n) is 4.90. The second kappa shape index (κ2) is 8.17. The Balaban J connectivity index is 1.62. The van der Waals surface area contributed by atoms with Gasteiger partial charge in [-0.15, -0.1) is 0 Å². The van der Waals surface area contributed by atoms with Gasteiger partial charge in [0, 0.05) is 51.3 Å². The van der Waals surface area contributed by atoms with Crippen LogP contribution >= 0.6 is 0 Å². The number of benzene rings is 1. The average Bonchev–Trinajstić information content (AvgIpc) is 3.25. The molecule has 1 aromatic carbocycles. The molecule has 2 amide bonds. The first-order chi connectivity index (χ1) is 12.5. The predicted molar refractivity (Wildman–Crippen MR) is 99.6 cm³/mol. The van der Waals surface area contributed by atoms with E-state index in [0.717, 1.165) is 13.0 Å². The minimum Gasteiger partial charge on any atom is -0.351 e. The van der Waals surface area contributed by atoms with E-state index in [4.69, 9.17) is 0 Å². The molecule has 0 aliphatic carbocycles. The van der Waals surface area contributed by atoms with Gasteiger partial charge in [0.25, 0.3) is 0 Å². The summed E-state index contributed by atoms with van der Waals surface area (Å²) < 4.78 is 1.84. The van der Waals surface area contributed by atoms with Crippen molar-refractivity contribution in [3.8, 4) is 0 Å². The van der Waals surface area contributed by atoms with Crippen molar-refractivity contribution in [1.29, 1.82) is 0 Å². The molecule has 138 valence electrons. The first-order valence-electron chi connectivity index (χ1n) is 9.12. The Morgan fingerprint density at radius 2 is 2.00 bits per heavy atom. The van der Waals surface area contributed by atoms with Crippen molar-refractivity contribution in [2.24, 2.45) is 0 Å². The van der Waals surface area contributed by atoms with Crippen molar-refractivity contribution >= 4 is 11.8 Å². The van der Waals surface area contributed by atoms with Crippen molar-refractivity contribution in [1.82, 2.24) is 20.0 Å². The van der Waals surface area contributed by atoms with Crippen molar-refractivity contribution in [2.45, 2.75) is 45.2 Å². The molecule has 0 unspecified atom stereocenters. The van der Waals surface area contributed by atoms with Gasteiger partial charge in [0.15, 0.2) is 0 Å². The molecular weight excluding hydrogens is 328 g/mol. The SMILES string of the molecule is CC(=O)N[C@@H]1CN(C(=O)CCCn2cccn2)C[C@H]1c1ccc(C)cc1. The number of aromatic nitrogens is 2. The highest BCUT2D eigenvalue weighted by Gasteiger charge is 2.36. The molecule has 2 heterocycles. The zero-order chi connectivity index (χ0) is 18.5. The number of rotatable bonds is 6. The number of nitrogens with zero attached hydrogens (tertiary/aromatic N) is 3. The van der Waals surface area contributed by atoms with Crippen molar-refractivity contribution < 1.29 is 9.59 Å². The number of amides is 2. The molecule has 0 radical (unpaired) electrons. The molecule has 6 nitrogen and oxygen atoms in total. The summed E-state index contributed by atoms with van der Waals surface area (Å²) in [6.07, 6.45) is 4.90. The van der Waals surface area contributed by atoms with Crippen LogP contribution in [-0.2, 0) is 16.1 Å². The number of likely N-dealkylation sites (tertiary alicyclic amines) is 1. The van der Waals surface area contributed by atoms with E-state index in [2.05, 4.69) is 41.6 Å². The highest BCUT2D eigenvalue weighted by atomic mass is 16.2. The second-order valence-corrected chi connectivity index (χ2v) is 7.00. The van der Waals surface area contributed by atoms with Crippen LogP contribution in [0.15, 0.2) is 42.7 Å². The van der Waals surface area contributed by atoms with Gasteiger partial charge in [0.2, 0.25) is 11.8 Å². The maximum absolute atomic E-state index is 12.6. The monoisotopic (exact) mass is 354 g/mol. The Hall–Kier alpha value is -2.63. The maximum Gasteiger partial charge on any atom is 0.222 e. The number of nitrogens with one attached hydrogen (secondary N) is 1. The van der Waals surface area contributed by atoms with E-state index >= 15 is 0 Å². The third kappa shape index (κ3) is 4.50. The van der Waals surface area contributed by atoms with Crippen LogP contribution in [0.3, 0.4) is 0 Å². The molecule has 1 aliphatic rings. The fourth-order valence-electron chi connectivity index (χ4n) is 3.55. The molecule has 2 aromatic rings. The molecule has 1 saturated heterocycles. The fourth-order valence-corrected chi connectivity index (χ4v) is 3.55. The molecule has 1 aromatic heterocycles. The third-order valence-corrected chi connectivity index (χ3v) is 4.90. The van der Waals surface area contributed by atoms with Crippen LogP contribution in [0.4, 0.5) is 0 Å². The Kier molecular flexibility index (Phi) is 5.71. The standard InChI is InChI=1S/C20H26N4O2/c1-15-6-8-17(9-7-15)18-13-23(14-19(18)22-16(2)25)20(26)5-3-11-24-12-4-10-21-24/h4,6-10,12,18-19H,3,5,11,13-14H2,1-2H3,(H,22,25)/t18-,19+/m0/s1. The van der Waals surface area contributed by atoms with Crippen molar-refractivity contribution in [3.63, 3.8) is 0 Å². The van der Waals surface area contributed by atoms with E-state index in [9.17, 15) is 9.59 Å². The molecule has 0 spiro atoms. The minimum absolute atomic E-state index is 0.0368. The van der Waals surface area contributed by atoms with Crippen LogP contribution in [0.2, 0.25) is 0 Å². The Morgan fingerprint density at radius 3 is 2.65 bits per heavy atom. The van der Waals surface area contributed by atoms with Crippen LogP contribution < -0.4 is 5.32 Å². The van der Waals surface area contributed by atoms with Gasteiger partial charge in [-0.2, -0.15) is 5.10 Å². The number of carbonyl (C=O) groups excluding carboxylic acids is 2. The van der Waals surface area contributed by atoms with E-state index in [1.807, 2.05) is 21.8 Å². The zero-order valence-electron chi connectivity index (χ0n) is 15.4. The summed E-state index contributed by atoms with van der Waals surface area (Å²) in [5.74, 6) is 0.219. The summed E-state index contributed by atoms with van der Waals surface area (Å²) in [5.41, 5.74) is 2.37. The molecule has 1 N–H and O–H groups in total. The van der Waals surface area contributed by atoms with Gasteiger partial charge in [-0.3, -0.25) is 14.3 Å². The maximum atomic E-state index is 12.6. The van der Waals surface area contributed by atoms with Gasteiger partial charge in [-0.1, -0.05) is 29.8 Å². The molecule has 0 bridgehead atoms. The number of carbonyl (C=O) groups is 2. The Bertz CT molecular complexity index is 740. The lowest BCUT2D eigenvalue weighted by molar-refractivity contribution is -0.130. The van der Waals surface area contributed by atoms with Crippen LogP contribution in [-0.4, -0.2) is 45.6 Å². The molecule has 3 rings (SSSR count). The summed E-state index contributed by atoms with van der Waals surface area (Å²) in [7, 11) is 0. The van der Waals surface area contributed by atoms with Crippen molar-refractivity contribution in [3.05, 3.63) is 53.9 Å². The predicted octanol–water partition coefficient (Wildman–Crippen LogP) is 2.10. The number of hydrogen-bond donors (Lipinski definition) is 1. The van der Waals surface area contributed by atoms with E-state index < -0.39 is 0 Å². The molecule has 2 atom stereocenters. The van der Waals surface area contributed by atoms with Gasteiger partial charge >= 0.3 is 0 Å². The molecule has 6 heteroatoms. The van der Waals surface area contributed by atoms with Gasteiger partial charge in [-0.25, -0.2) is 0 Å². The van der Waals surface area contributed by atoms with Crippen LogP contribution in [0, 0.1) is 6.92 Å². The summed E-state index contributed by atoms with van der Waals surface area (Å²) in [6, 6.07) is 10.2. The summed E-state index contributed by atoms with van der Waals surface area (Å²) in [4.78, 5) is 26.1. The molecule has 1 aliphatic heterocycles. The number of hydrogen-bond acceptors (Lipinski definition) is 3. The molecule has 26 heavy (non-hydrogen) atoms. The minimum atomic E-state index is -0.0555. The highest BCUT2D eigenvalue weighted by molar-refractivity contribution is 5.77. The normalized spacial score (nSPS) is 19.5. The lowest BCUT2D eigenvalue weighted by atomic mass is 9.93. The molecule has 1 fully saturated rings. The van der Waals surface area contributed by atoms with E-state index in [-0.39, 0.29) is 23.8 Å². The highest BCUT2D eigenvalue weighted by Crippen LogP contribution is 2.28. The molecular formula is C20H26N4O2. The van der Waals surface area contributed by atoms with E-state index in [1.165, 1.54) is 18.1 Å². The lowest BCUT2D eigenvalue weighted by Crippen LogP contribution is -2.39. The van der Waals surface area contributed by atoms with Crippen molar-refractivity contribution in [2.75, 3.05) is 13.1 Å². The van der Waals surface area contributed by atoms with E-state index in [0.29, 0.717) is 19.5 Å². The smallest absolute Gasteiger partial charge is 0.222 e. The quantitative estimate of drug-likeness (QED) is 0.864.